The Hall–Kier alpha value is -3.32. The van der Waals surface area contributed by atoms with Crippen LogP contribution in [-0.2, 0) is 16.0 Å². The van der Waals surface area contributed by atoms with Crippen molar-refractivity contribution in [1.82, 2.24) is 20.9 Å². The Morgan fingerprint density at radius 3 is 2.44 bits per heavy atom. The molecule has 1 heterocycles. The molecule has 4 N–H and O–H groups in total. The first-order valence-electron chi connectivity index (χ1n) is 10.3. The van der Waals surface area contributed by atoms with E-state index >= 15 is 0 Å². The minimum atomic E-state index is -0.902. The van der Waals surface area contributed by atoms with Gasteiger partial charge in [0.2, 0.25) is 11.8 Å². The quantitative estimate of drug-likeness (QED) is 0.440. The Morgan fingerprint density at radius 2 is 1.72 bits per heavy atom. The predicted octanol–water partition coefficient (Wildman–Crippen LogP) is 3.19. The molecule has 7 nitrogen and oxygen atoms in total. The van der Waals surface area contributed by atoms with E-state index in [1.807, 2.05) is 51.2 Å². The van der Waals surface area contributed by atoms with Gasteiger partial charge in [0.1, 0.15) is 6.04 Å². The van der Waals surface area contributed by atoms with Crippen LogP contribution in [0.15, 0.2) is 54.7 Å². The van der Waals surface area contributed by atoms with Crippen LogP contribution in [0.25, 0.3) is 10.9 Å². The second-order valence-corrected chi connectivity index (χ2v) is 8.99. The molecule has 0 saturated heterocycles. The van der Waals surface area contributed by atoms with Crippen molar-refractivity contribution >= 4 is 40.2 Å². The normalized spacial score (nSPS) is 12.2. The smallest absolute Gasteiger partial charge is 0.253 e. The molecule has 1 aromatic heterocycles. The summed E-state index contributed by atoms with van der Waals surface area (Å²) in [6.07, 6.45) is 2.06. The van der Waals surface area contributed by atoms with E-state index in [1.54, 1.807) is 24.3 Å². The Kier molecular flexibility index (Phi) is 7.20. The van der Waals surface area contributed by atoms with Crippen LogP contribution in [0.3, 0.4) is 0 Å². The molecule has 0 aliphatic carbocycles. The highest BCUT2D eigenvalue weighted by Crippen LogP contribution is 2.20. The average molecular weight is 455 g/mol. The highest BCUT2D eigenvalue weighted by Gasteiger charge is 2.25. The van der Waals surface area contributed by atoms with Gasteiger partial charge in [0.25, 0.3) is 5.91 Å². The number of benzene rings is 2. The van der Waals surface area contributed by atoms with Gasteiger partial charge in [-0.05, 0) is 44.5 Å². The summed E-state index contributed by atoms with van der Waals surface area (Å²) < 4.78 is 0. The first kappa shape index (κ1) is 23.3. The number of hydrogen-bond donors (Lipinski definition) is 4. The van der Waals surface area contributed by atoms with Gasteiger partial charge in [-0.2, -0.15) is 0 Å². The second-order valence-electron chi connectivity index (χ2n) is 8.59. The number of hydrogen-bond acceptors (Lipinski definition) is 3. The van der Waals surface area contributed by atoms with Gasteiger partial charge < -0.3 is 20.9 Å². The van der Waals surface area contributed by atoms with Gasteiger partial charge >= 0.3 is 0 Å². The number of para-hydroxylation sites is 1. The van der Waals surface area contributed by atoms with Crippen LogP contribution in [0.2, 0.25) is 5.02 Å². The summed E-state index contributed by atoms with van der Waals surface area (Å²) in [5.74, 6) is -1.23. The number of amides is 3. The van der Waals surface area contributed by atoms with Crippen molar-refractivity contribution in [3.8, 4) is 0 Å². The summed E-state index contributed by atoms with van der Waals surface area (Å²) in [4.78, 5) is 41.1. The summed E-state index contributed by atoms with van der Waals surface area (Å²) in [6, 6.07) is 13.4. The molecule has 0 aliphatic heterocycles. The number of aromatic amines is 1. The molecule has 3 amide bonds. The number of nitrogens with one attached hydrogen (secondary N) is 4. The van der Waals surface area contributed by atoms with E-state index in [9.17, 15) is 14.4 Å². The lowest BCUT2D eigenvalue weighted by molar-refractivity contribution is -0.127. The summed E-state index contributed by atoms with van der Waals surface area (Å²) in [5, 5.41) is 9.44. The van der Waals surface area contributed by atoms with Crippen molar-refractivity contribution in [2.24, 2.45) is 0 Å². The molecular weight excluding hydrogens is 428 g/mol. The van der Waals surface area contributed by atoms with Crippen LogP contribution < -0.4 is 16.0 Å². The van der Waals surface area contributed by atoms with Gasteiger partial charge in [-0.25, -0.2) is 0 Å². The fourth-order valence-electron chi connectivity index (χ4n) is 3.36. The summed E-state index contributed by atoms with van der Waals surface area (Å²) >= 11 is 6.15. The molecule has 32 heavy (non-hydrogen) atoms. The molecule has 168 valence electrons. The number of carbonyl (C=O) groups is 3. The van der Waals surface area contributed by atoms with E-state index in [4.69, 9.17) is 11.6 Å². The molecule has 0 fully saturated rings. The van der Waals surface area contributed by atoms with Crippen molar-refractivity contribution in [1.29, 1.82) is 0 Å². The lowest BCUT2D eigenvalue weighted by Crippen LogP contribution is -2.51. The molecule has 0 bridgehead atoms. The van der Waals surface area contributed by atoms with Gasteiger partial charge in [-0.3, -0.25) is 14.4 Å². The fraction of sp³-hybridized carbons (Fsp3) is 0.292. The summed E-state index contributed by atoms with van der Waals surface area (Å²) in [5.41, 5.74) is 1.67. The van der Waals surface area contributed by atoms with Crippen molar-refractivity contribution < 1.29 is 14.4 Å². The maximum atomic E-state index is 13.0. The lowest BCUT2D eigenvalue weighted by Gasteiger charge is -2.22. The number of fused-ring (bicyclic) bond motifs is 1. The van der Waals surface area contributed by atoms with Gasteiger partial charge in [0.05, 0.1) is 17.1 Å². The zero-order chi connectivity index (χ0) is 23.3. The zero-order valence-electron chi connectivity index (χ0n) is 18.3. The molecule has 2 aromatic carbocycles. The first-order valence-corrected chi connectivity index (χ1v) is 10.7. The van der Waals surface area contributed by atoms with Crippen molar-refractivity contribution in [2.45, 2.75) is 38.8 Å². The van der Waals surface area contributed by atoms with Crippen molar-refractivity contribution in [3.05, 3.63) is 70.9 Å². The highest BCUT2D eigenvalue weighted by molar-refractivity contribution is 6.33. The molecule has 0 unspecified atom stereocenters. The number of halogens is 1. The molecule has 3 rings (SSSR count). The van der Waals surface area contributed by atoms with Gasteiger partial charge in [0, 0.05) is 29.1 Å². The molecular formula is C24H27ClN4O3. The van der Waals surface area contributed by atoms with Gasteiger partial charge in [0.15, 0.2) is 0 Å². The lowest BCUT2D eigenvalue weighted by atomic mass is 10.0. The van der Waals surface area contributed by atoms with E-state index in [0.29, 0.717) is 5.02 Å². The van der Waals surface area contributed by atoms with Crippen LogP contribution in [0.1, 0.15) is 36.7 Å². The zero-order valence-corrected chi connectivity index (χ0v) is 19.0. The minimum absolute atomic E-state index is 0.192. The Morgan fingerprint density at radius 1 is 1.03 bits per heavy atom. The number of aromatic nitrogens is 1. The standard InChI is InChI=1S/C24H27ClN4O3/c1-24(2,3)29-21(30)14-27-23(32)20(28-22(31)17-9-4-6-10-18(17)25)12-15-13-26-19-11-7-5-8-16(15)19/h4-11,13,20,26H,12,14H2,1-3H3,(H,27,32)(H,28,31)(H,29,30)/t20-/m1/s1. The van der Waals surface area contributed by atoms with Crippen molar-refractivity contribution in [2.75, 3.05) is 6.54 Å². The molecule has 0 saturated carbocycles. The highest BCUT2D eigenvalue weighted by atomic mass is 35.5. The molecule has 0 aliphatic rings. The van der Waals surface area contributed by atoms with Crippen LogP contribution >= 0.6 is 11.6 Å². The predicted molar refractivity (Wildman–Crippen MR) is 126 cm³/mol. The summed E-state index contributed by atoms with van der Waals surface area (Å²) in [6.45, 7) is 5.38. The van der Waals surface area contributed by atoms with E-state index < -0.39 is 23.4 Å². The maximum Gasteiger partial charge on any atom is 0.253 e. The Bertz CT molecular complexity index is 1130. The second kappa shape index (κ2) is 9.87. The third-order valence-corrected chi connectivity index (χ3v) is 5.11. The largest absolute Gasteiger partial charge is 0.361 e. The first-order chi connectivity index (χ1) is 15.1. The van der Waals surface area contributed by atoms with Crippen LogP contribution in [0.4, 0.5) is 0 Å². The Labute approximate surface area is 191 Å². The monoisotopic (exact) mass is 454 g/mol. The fourth-order valence-corrected chi connectivity index (χ4v) is 3.59. The number of H-pyrrole nitrogens is 1. The molecule has 0 radical (unpaired) electrons. The summed E-state index contributed by atoms with van der Waals surface area (Å²) in [7, 11) is 0. The molecule has 3 aromatic rings. The molecule has 8 heteroatoms. The van der Waals surface area contributed by atoms with E-state index in [-0.39, 0.29) is 24.4 Å². The Balaban J connectivity index is 1.78. The average Bonchev–Trinajstić information content (AvgIpc) is 3.13. The third-order valence-electron chi connectivity index (χ3n) is 4.78. The van der Waals surface area contributed by atoms with Crippen LogP contribution in [0, 0.1) is 0 Å². The van der Waals surface area contributed by atoms with E-state index in [0.717, 1.165) is 16.5 Å². The maximum absolute atomic E-state index is 13.0. The van der Waals surface area contributed by atoms with Crippen LogP contribution in [0.5, 0.6) is 0 Å². The molecule has 0 spiro atoms. The number of rotatable bonds is 7. The van der Waals surface area contributed by atoms with Gasteiger partial charge in [-0.1, -0.05) is 41.9 Å². The van der Waals surface area contributed by atoms with Crippen LogP contribution in [-0.4, -0.2) is 40.8 Å². The van der Waals surface area contributed by atoms with Crippen molar-refractivity contribution in [3.63, 3.8) is 0 Å². The SMILES string of the molecule is CC(C)(C)NC(=O)CNC(=O)[C@@H](Cc1c[nH]c2ccccc12)NC(=O)c1ccccc1Cl. The minimum Gasteiger partial charge on any atom is -0.361 e. The van der Waals surface area contributed by atoms with E-state index in [2.05, 4.69) is 20.9 Å². The number of carbonyl (C=O) groups excluding carboxylic acids is 3. The topological polar surface area (TPSA) is 103 Å². The molecule has 1 atom stereocenters. The van der Waals surface area contributed by atoms with Gasteiger partial charge in [-0.15, -0.1) is 0 Å². The third kappa shape index (κ3) is 6.11. The van der Waals surface area contributed by atoms with E-state index in [1.165, 1.54) is 0 Å².